The minimum Gasteiger partial charge on any atom is -0.444 e. The number of carbonyl (C=O) groups is 1. The molecule has 1 aliphatic rings. The Morgan fingerprint density at radius 1 is 1.35 bits per heavy atom. The van der Waals surface area contributed by atoms with E-state index in [1.807, 2.05) is 45.0 Å². The molecule has 0 aromatic heterocycles. The third-order valence-corrected chi connectivity index (χ3v) is 4.06. The lowest BCUT2D eigenvalue weighted by Gasteiger charge is -2.33. The highest BCUT2D eigenvalue weighted by molar-refractivity contribution is 6.30. The predicted octanol–water partition coefficient (Wildman–Crippen LogP) is 4.02. The highest BCUT2D eigenvalue weighted by Gasteiger charge is 2.30. The van der Waals surface area contributed by atoms with Crippen molar-refractivity contribution < 1.29 is 14.6 Å². The molecule has 4 nitrogen and oxygen atoms in total. The summed E-state index contributed by atoms with van der Waals surface area (Å²) in [7, 11) is 0. The molecule has 2 rings (SSSR count). The van der Waals surface area contributed by atoms with Crippen molar-refractivity contribution >= 4 is 23.3 Å². The molecule has 0 heterocycles. The van der Waals surface area contributed by atoms with Crippen LogP contribution in [0.1, 0.15) is 39.2 Å². The smallest absolute Gasteiger partial charge is 0.407 e. The number of amides is 1. The Morgan fingerprint density at radius 2 is 2.00 bits per heavy atom. The molecule has 1 aliphatic carbocycles. The zero-order valence-electron chi connectivity index (χ0n) is 13.8. The molecule has 0 spiro atoms. The van der Waals surface area contributed by atoms with Gasteiger partial charge in [0.25, 0.3) is 0 Å². The Kier molecular flexibility index (Phi) is 5.71. The van der Waals surface area contributed by atoms with Gasteiger partial charge in [-0.05, 0) is 56.9 Å². The second-order valence-electron chi connectivity index (χ2n) is 6.79. The summed E-state index contributed by atoms with van der Waals surface area (Å²) in [5.41, 5.74) is 1.52. The minimum atomic E-state index is -0.539. The third-order valence-electron chi connectivity index (χ3n) is 3.80. The Bertz CT molecular complexity index is 575. The summed E-state index contributed by atoms with van der Waals surface area (Å²) in [6.45, 7) is 5.46. The molecule has 2 atom stereocenters. The molecule has 1 aromatic carbocycles. The van der Waals surface area contributed by atoms with E-state index in [0.29, 0.717) is 5.02 Å². The van der Waals surface area contributed by atoms with Gasteiger partial charge in [0.05, 0.1) is 6.61 Å². The van der Waals surface area contributed by atoms with Gasteiger partial charge in [-0.15, -0.1) is 0 Å². The second-order valence-corrected chi connectivity index (χ2v) is 7.22. The first kappa shape index (κ1) is 17.8. The number of rotatable bonds is 3. The van der Waals surface area contributed by atoms with Gasteiger partial charge in [0.15, 0.2) is 0 Å². The Balaban J connectivity index is 2.13. The fourth-order valence-electron chi connectivity index (χ4n) is 2.82. The third kappa shape index (κ3) is 4.98. The van der Waals surface area contributed by atoms with Crippen LogP contribution in [0.4, 0.5) is 4.79 Å². The first-order chi connectivity index (χ1) is 10.8. The molecule has 2 N–H and O–H groups in total. The van der Waals surface area contributed by atoms with Crippen LogP contribution in [0.25, 0.3) is 5.57 Å². The summed E-state index contributed by atoms with van der Waals surface area (Å²) in [5.74, 6) is -0.155. The van der Waals surface area contributed by atoms with Gasteiger partial charge in [0.2, 0.25) is 0 Å². The van der Waals surface area contributed by atoms with Crippen LogP contribution in [-0.2, 0) is 4.74 Å². The highest BCUT2D eigenvalue weighted by atomic mass is 35.5. The van der Waals surface area contributed by atoms with Gasteiger partial charge in [-0.3, -0.25) is 0 Å². The zero-order chi connectivity index (χ0) is 17.0. The first-order valence-electron chi connectivity index (χ1n) is 7.86. The van der Waals surface area contributed by atoms with Crippen LogP contribution in [0.3, 0.4) is 0 Å². The van der Waals surface area contributed by atoms with E-state index in [1.54, 1.807) is 0 Å². The second kappa shape index (κ2) is 7.37. The lowest BCUT2D eigenvalue weighted by Crippen LogP contribution is -2.45. The number of carbonyl (C=O) groups excluding carboxylic acids is 1. The lowest BCUT2D eigenvalue weighted by atomic mass is 9.80. The van der Waals surface area contributed by atoms with E-state index in [4.69, 9.17) is 16.3 Å². The molecular weight excluding hydrogens is 314 g/mol. The Hall–Kier alpha value is -1.52. The summed E-state index contributed by atoms with van der Waals surface area (Å²) >= 11 is 5.94. The van der Waals surface area contributed by atoms with Crippen LogP contribution < -0.4 is 5.32 Å². The van der Waals surface area contributed by atoms with Crippen LogP contribution in [0, 0.1) is 5.92 Å². The molecule has 126 valence electrons. The number of ether oxygens (including phenoxy) is 1. The van der Waals surface area contributed by atoms with Gasteiger partial charge in [0, 0.05) is 17.0 Å². The van der Waals surface area contributed by atoms with Gasteiger partial charge in [-0.2, -0.15) is 0 Å². The summed E-state index contributed by atoms with van der Waals surface area (Å²) < 4.78 is 5.32. The van der Waals surface area contributed by atoms with E-state index >= 15 is 0 Å². The number of nitrogens with one attached hydrogen (secondary N) is 1. The topological polar surface area (TPSA) is 58.6 Å². The van der Waals surface area contributed by atoms with Crippen molar-refractivity contribution in [3.63, 3.8) is 0 Å². The predicted molar refractivity (Wildman–Crippen MR) is 92.4 cm³/mol. The molecule has 0 unspecified atom stereocenters. The molecule has 0 bridgehead atoms. The molecule has 0 aliphatic heterocycles. The van der Waals surface area contributed by atoms with Crippen molar-refractivity contribution in [2.75, 3.05) is 6.61 Å². The number of halogens is 1. The first-order valence-corrected chi connectivity index (χ1v) is 8.24. The average molecular weight is 338 g/mol. The molecular formula is C18H24ClNO3. The lowest BCUT2D eigenvalue weighted by molar-refractivity contribution is 0.0479. The molecule has 5 heteroatoms. The monoisotopic (exact) mass is 337 g/mol. The number of hydrogen-bond acceptors (Lipinski definition) is 3. The number of aliphatic hydroxyl groups is 1. The van der Waals surface area contributed by atoms with E-state index in [-0.39, 0.29) is 18.6 Å². The van der Waals surface area contributed by atoms with Crippen LogP contribution in [-0.4, -0.2) is 29.4 Å². The summed E-state index contributed by atoms with van der Waals surface area (Å²) in [6.07, 6.45) is 3.30. The number of benzene rings is 1. The normalized spacial score (nSPS) is 21.5. The summed E-state index contributed by atoms with van der Waals surface area (Å²) in [5, 5.41) is 13.4. The van der Waals surface area contributed by atoms with Gasteiger partial charge in [0.1, 0.15) is 5.60 Å². The molecule has 0 fully saturated rings. The number of hydrogen-bond donors (Lipinski definition) is 2. The van der Waals surface area contributed by atoms with Crippen LogP contribution in [0.15, 0.2) is 30.3 Å². The Labute approximate surface area is 142 Å². The van der Waals surface area contributed by atoms with Crippen molar-refractivity contribution in [3.05, 3.63) is 40.9 Å². The zero-order valence-corrected chi connectivity index (χ0v) is 14.6. The highest BCUT2D eigenvalue weighted by Crippen LogP contribution is 2.33. The van der Waals surface area contributed by atoms with Gasteiger partial charge in [-0.1, -0.05) is 29.8 Å². The molecule has 0 saturated heterocycles. The quantitative estimate of drug-likeness (QED) is 0.875. The van der Waals surface area contributed by atoms with Crippen molar-refractivity contribution in [1.82, 2.24) is 5.32 Å². The summed E-state index contributed by atoms with van der Waals surface area (Å²) in [4.78, 5) is 12.0. The van der Waals surface area contributed by atoms with Gasteiger partial charge < -0.3 is 15.2 Å². The Morgan fingerprint density at radius 3 is 2.57 bits per heavy atom. The van der Waals surface area contributed by atoms with Crippen molar-refractivity contribution in [2.24, 2.45) is 5.92 Å². The number of alkyl carbamates (subject to hydrolysis) is 1. The molecule has 0 saturated carbocycles. The van der Waals surface area contributed by atoms with Crippen molar-refractivity contribution in [3.8, 4) is 0 Å². The molecule has 1 amide bonds. The SMILES string of the molecule is CC(C)(C)OC(=O)N[C@@H]1CCC=C(c2ccc(Cl)cc2)[C@H]1CO. The van der Waals surface area contributed by atoms with E-state index in [0.717, 1.165) is 24.0 Å². The van der Waals surface area contributed by atoms with E-state index in [2.05, 4.69) is 11.4 Å². The van der Waals surface area contributed by atoms with Gasteiger partial charge >= 0.3 is 6.09 Å². The van der Waals surface area contributed by atoms with E-state index in [1.165, 1.54) is 0 Å². The maximum Gasteiger partial charge on any atom is 0.407 e. The van der Waals surface area contributed by atoms with Crippen molar-refractivity contribution in [1.29, 1.82) is 0 Å². The molecule has 1 aromatic rings. The molecule has 23 heavy (non-hydrogen) atoms. The fourth-order valence-corrected chi connectivity index (χ4v) is 2.95. The van der Waals surface area contributed by atoms with Crippen LogP contribution in [0.5, 0.6) is 0 Å². The standard InChI is InChI=1S/C18H24ClNO3/c1-18(2,3)23-17(22)20-16-6-4-5-14(15(16)11-21)12-7-9-13(19)10-8-12/h5,7-10,15-16,21H,4,6,11H2,1-3H3,(H,20,22)/t15-,16-/m1/s1. The van der Waals surface area contributed by atoms with Crippen LogP contribution in [0.2, 0.25) is 5.02 Å². The van der Waals surface area contributed by atoms with Gasteiger partial charge in [-0.25, -0.2) is 4.79 Å². The number of allylic oxidation sites excluding steroid dienone is 1. The maximum atomic E-state index is 12.0. The van der Waals surface area contributed by atoms with Crippen molar-refractivity contribution in [2.45, 2.75) is 45.3 Å². The maximum absolute atomic E-state index is 12.0. The van der Waals surface area contributed by atoms with E-state index in [9.17, 15) is 9.90 Å². The minimum absolute atomic E-state index is 0.0328. The largest absolute Gasteiger partial charge is 0.444 e. The number of aliphatic hydroxyl groups excluding tert-OH is 1. The molecule has 0 radical (unpaired) electrons. The fraction of sp³-hybridized carbons (Fsp3) is 0.500. The average Bonchev–Trinajstić information content (AvgIpc) is 2.46. The van der Waals surface area contributed by atoms with E-state index < -0.39 is 11.7 Å². The van der Waals surface area contributed by atoms with Crippen LogP contribution >= 0.6 is 11.6 Å². The summed E-state index contributed by atoms with van der Waals surface area (Å²) in [6, 6.07) is 7.39.